The van der Waals surface area contributed by atoms with Crippen LogP contribution < -0.4 is 5.32 Å². The normalized spacial score (nSPS) is 16.3. The summed E-state index contributed by atoms with van der Waals surface area (Å²) in [4.78, 5) is 11.8. The van der Waals surface area contributed by atoms with Gasteiger partial charge >= 0.3 is 0 Å². The first kappa shape index (κ1) is 11.6. The van der Waals surface area contributed by atoms with Crippen LogP contribution in [0.4, 0.5) is 5.69 Å². The molecule has 0 radical (unpaired) electrons. The third kappa shape index (κ3) is 2.13. The second-order valence-corrected chi connectivity index (χ2v) is 5.54. The zero-order valence-corrected chi connectivity index (χ0v) is 11.4. The topological polar surface area (TPSA) is 52.9 Å². The maximum atomic E-state index is 11.8. The molecule has 1 fully saturated rings. The minimum Gasteiger partial charge on any atom is -0.324 e. The molecule has 3 nitrogen and oxygen atoms in total. The first-order valence-electron chi connectivity index (χ1n) is 4.75. The number of halogens is 2. The van der Waals surface area contributed by atoms with Gasteiger partial charge in [-0.25, -0.2) is 0 Å². The third-order valence-electron chi connectivity index (χ3n) is 2.58. The van der Waals surface area contributed by atoms with Crippen LogP contribution in [0.15, 0.2) is 27.1 Å². The van der Waals surface area contributed by atoms with Crippen LogP contribution in [0.5, 0.6) is 0 Å². The summed E-state index contributed by atoms with van der Waals surface area (Å²) in [7, 11) is 0. The largest absolute Gasteiger partial charge is 0.324 e. The summed E-state index contributed by atoms with van der Waals surface area (Å²) in [6.07, 6.45) is 1.31. The molecule has 1 aromatic rings. The zero-order chi connectivity index (χ0) is 11.8. The molecule has 0 aromatic heterocycles. The van der Waals surface area contributed by atoms with Crippen molar-refractivity contribution in [2.45, 2.75) is 12.8 Å². The molecule has 1 aromatic carbocycles. The molecule has 5 heteroatoms. The summed E-state index contributed by atoms with van der Waals surface area (Å²) in [5, 5.41) is 11.7. The number of nitrogens with one attached hydrogen (secondary N) is 1. The number of hydrogen-bond acceptors (Lipinski definition) is 2. The molecular weight excluding hydrogens is 336 g/mol. The van der Waals surface area contributed by atoms with Crippen molar-refractivity contribution in [1.82, 2.24) is 0 Å². The number of carbonyl (C=O) groups excluding carboxylic acids is 1. The van der Waals surface area contributed by atoms with Crippen LogP contribution in [0.2, 0.25) is 0 Å². The fourth-order valence-electron chi connectivity index (χ4n) is 1.35. The summed E-state index contributed by atoms with van der Waals surface area (Å²) in [5.41, 5.74) is -0.0956. The van der Waals surface area contributed by atoms with Crippen molar-refractivity contribution < 1.29 is 4.79 Å². The standard InChI is InChI=1S/C11H8Br2N2O/c12-7-1-2-9(8(13)5-7)15-10(16)11(6-14)3-4-11/h1-2,5H,3-4H2,(H,15,16). The number of nitriles is 1. The first-order valence-corrected chi connectivity index (χ1v) is 6.34. The highest BCUT2D eigenvalue weighted by molar-refractivity contribution is 9.11. The molecule has 1 amide bonds. The molecule has 16 heavy (non-hydrogen) atoms. The fourth-order valence-corrected chi connectivity index (χ4v) is 2.49. The third-order valence-corrected chi connectivity index (χ3v) is 3.73. The molecule has 0 aliphatic heterocycles. The number of nitrogens with zero attached hydrogens (tertiary/aromatic N) is 1. The van der Waals surface area contributed by atoms with Gasteiger partial charge in [-0.2, -0.15) is 5.26 Å². The lowest BCUT2D eigenvalue weighted by atomic mass is 10.1. The van der Waals surface area contributed by atoms with Gasteiger partial charge in [-0.05, 0) is 47.0 Å². The van der Waals surface area contributed by atoms with Gasteiger partial charge in [0.1, 0.15) is 5.41 Å². The number of benzene rings is 1. The van der Waals surface area contributed by atoms with E-state index in [-0.39, 0.29) is 5.91 Å². The Kier molecular flexibility index (Phi) is 3.04. The van der Waals surface area contributed by atoms with Crippen LogP contribution in [0.1, 0.15) is 12.8 Å². The quantitative estimate of drug-likeness (QED) is 0.894. The van der Waals surface area contributed by atoms with Gasteiger partial charge in [0, 0.05) is 8.95 Å². The lowest BCUT2D eigenvalue weighted by molar-refractivity contribution is -0.119. The highest BCUT2D eigenvalue weighted by Crippen LogP contribution is 2.46. The van der Waals surface area contributed by atoms with Crippen LogP contribution in [0, 0.1) is 16.7 Å². The zero-order valence-electron chi connectivity index (χ0n) is 8.26. The monoisotopic (exact) mass is 342 g/mol. The Balaban J connectivity index is 2.16. The van der Waals surface area contributed by atoms with E-state index >= 15 is 0 Å². The van der Waals surface area contributed by atoms with Gasteiger partial charge in [-0.1, -0.05) is 15.9 Å². The second-order valence-electron chi connectivity index (χ2n) is 3.77. The van der Waals surface area contributed by atoms with Gasteiger partial charge in [0.2, 0.25) is 5.91 Å². The van der Waals surface area contributed by atoms with Crippen molar-refractivity contribution in [3.8, 4) is 6.07 Å². The summed E-state index contributed by atoms with van der Waals surface area (Å²) in [6.45, 7) is 0. The molecule has 0 unspecified atom stereocenters. The summed E-state index contributed by atoms with van der Waals surface area (Å²) < 4.78 is 1.72. The van der Waals surface area contributed by atoms with E-state index in [1.54, 1.807) is 6.07 Å². The smallest absolute Gasteiger partial charge is 0.244 e. The number of hydrogen-bond donors (Lipinski definition) is 1. The van der Waals surface area contributed by atoms with Gasteiger partial charge in [0.15, 0.2) is 0 Å². The molecule has 0 saturated heterocycles. The van der Waals surface area contributed by atoms with Crippen molar-refractivity contribution in [2.75, 3.05) is 5.32 Å². The minimum absolute atomic E-state index is 0.210. The Morgan fingerprint density at radius 2 is 2.12 bits per heavy atom. The van der Waals surface area contributed by atoms with Crippen molar-refractivity contribution in [3.05, 3.63) is 27.1 Å². The lowest BCUT2D eigenvalue weighted by Gasteiger charge is -2.09. The number of anilines is 1. The van der Waals surface area contributed by atoms with Gasteiger partial charge in [0.25, 0.3) is 0 Å². The van der Waals surface area contributed by atoms with Crippen molar-refractivity contribution in [1.29, 1.82) is 5.26 Å². The molecular formula is C11H8Br2N2O. The number of carbonyl (C=O) groups is 1. The van der Waals surface area contributed by atoms with Crippen LogP contribution in [0.25, 0.3) is 0 Å². The molecule has 82 valence electrons. The van der Waals surface area contributed by atoms with E-state index in [1.165, 1.54) is 0 Å². The lowest BCUT2D eigenvalue weighted by Crippen LogP contribution is -2.22. The van der Waals surface area contributed by atoms with Crippen molar-refractivity contribution >= 4 is 43.5 Å². The molecule has 0 spiro atoms. The summed E-state index contributed by atoms with van der Waals surface area (Å²) in [6, 6.07) is 7.55. The average Bonchev–Trinajstić information content (AvgIpc) is 3.03. The highest BCUT2D eigenvalue weighted by Gasteiger charge is 2.50. The van der Waals surface area contributed by atoms with Crippen molar-refractivity contribution in [2.24, 2.45) is 5.41 Å². The van der Waals surface area contributed by atoms with Crippen LogP contribution in [0.3, 0.4) is 0 Å². The van der Waals surface area contributed by atoms with Gasteiger partial charge < -0.3 is 5.32 Å². The number of amides is 1. The molecule has 0 atom stereocenters. The van der Waals surface area contributed by atoms with Crippen LogP contribution >= 0.6 is 31.9 Å². The number of rotatable bonds is 2. The van der Waals surface area contributed by atoms with Crippen LogP contribution in [-0.2, 0) is 4.79 Å². The Labute approximate surface area is 110 Å². The molecule has 0 bridgehead atoms. The highest BCUT2D eigenvalue weighted by atomic mass is 79.9. The minimum atomic E-state index is -0.785. The summed E-state index contributed by atoms with van der Waals surface area (Å²) >= 11 is 6.69. The van der Waals surface area contributed by atoms with E-state index in [0.717, 1.165) is 8.95 Å². The molecule has 1 aliphatic rings. The molecule has 1 N–H and O–H groups in total. The Morgan fingerprint density at radius 1 is 1.44 bits per heavy atom. The fraction of sp³-hybridized carbons (Fsp3) is 0.273. The van der Waals surface area contributed by atoms with Crippen molar-refractivity contribution in [3.63, 3.8) is 0 Å². The second kappa shape index (κ2) is 4.19. The maximum absolute atomic E-state index is 11.8. The predicted molar refractivity (Wildman–Crippen MR) is 67.8 cm³/mol. The van der Waals surface area contributed by atoms with E-state index in [1.807, 2.05) is 12.1 Å². The van der Waals surface area contributed by atoms with E-state index in [0.29, 0.717) is 18.5 Å². The molecule has 0 heterocycles. The first-order chi connectivity index (χ1) is 7.57. The SMILES string of the molecule is N#CC1(C(=O)Nc2ccc(Br)cc2Br)CC1. The van der Waals surface area contributed by atoms with E-state index in [2.05, 4.69) is 43.2 Å². The Morgan fingerprint density at radius 3 is 2.62 bits per heavy atom. The van der Waals surface area contributed by atoms with E-state index < -0.39 is 5.41 Å². The predicted octanol–water partition coefficient (Wildman–Crippen LogP) is 3.45. The Bertz CT molecular complexity index is 489. The Hall–Kier alpha value is -0.860. The van der Waals surface area contributed by atoms with Gasteiger partial charge in [-0.3, -0.25) is 4.79 Å². The van der Waals surface area contributed by atoms with Gasteiger partial charge in [-0.15, -0.1) is 0 Å². The summed E-state index contributed by atoms with van der Waals surface area (Å²) in [5.74, 6) is -0.210. The average molecular weight is 344 g/mol. The molecule has 1 aliphatic carbocycles. The van der Waals surface area contributed by atoms with Gasteiger partial charge in [0.05, 0.1) is 11.8 Å². The maximum Gasteiger partial charge on any atom is 0.244 e. The van der Waals surface area contributed by atoms with Crippen LogP contribution in [-0.4, -0.2) is 5.91 Å². The molecule has 1 saturated carbocycles. The molecule has 2 rings (SSSR count). The van der Waals surface area contributed by atoms with E-state index in [9.17, 15) is 4.79 Å². The van der Waals surface area contributed by atoms with E-state index in [4.69, 9.17) is 5.26 Å².